The SMILES string of the molecule is CCNC(=O)c1cccc(CNC(=NC)N(C)Cc2ccccc2)c1.I. The predicted octanol–water partition coefficient (Wildman–Crippen LogP) is 3.26. The molecule has 140 valence electrons. The second-order valence-electron chi connectivity index (χ2n) is 5.80. The highest BCUT2D eigenvalue weighted by atomic mass is 127. The fourth-order valence-corrected chi connectivity index (χ4v) is 2.58. The van der Waals surface area contributed by atoms with Gasteiger partial charge in [0.15, 0.2) is 5.96 Å². The lowest BCUT2D eigenvalue weighted by atomic mass is 10.1. The minimum Gasteiger partial charge on any atom is -0.352 e. The third-order valence-corrected chi connectivity index (χ3v) is 3.81. The summed E-state index contributed by atoms with van der Waals surface area (Å²) in [4.78, 5) is 18.3. The van der Waals surface area contributed by atoms with Crippen molar-refractivity contribution in [2.75, 3.05) is 20.6 Å². The van der Waals surface area contributed by atoms with Crippen LogP contribution in [0.15, 0.2) is 59.6 Å². The zero-order chi connectivity index (χ0) is 18.1. The molecule has 0 aliphatic rings. The molecule has 26 heavy (non-hydrogen) atoms. The second kappa shape index (κ2) is 11.5. The van der Waals surface area contributed by atoms with E-state index in [1.54, 1.807) is 7.05 Å². The van der Waals surface area contributed by atoms with Crippen molar-refractivity contribution in [2.45, 2.75) is 20.0 Å². The first kappa shape index (κ1) is 22.0. The lowest BCUT2D eigenvalue weighted by Gasteiger charge is -2.22. The standard InChI is InChI=1S/C20H26N4O.HI/c1-4-22-19(25)18-12-8-11-17(13-18)14-23-20(21-2)24(3)15-16-9-6-5-7-10-16;/h5-13H,4,14-15H2,1-3H3,(H,21,23)(H,22,25);1H. The fourth-order valence-electron chi connectivity index (χ4n) is 2.58. The average Bonchev–Trinajstić information content (AvgIpc) is 2.63. The Labute approximate surface area is 172 Å². The lowest BCUT2D eigenvalue weighted by molar-refractivity contribution is 0.0955. The minimum absolute atomic E-state index is 0. The molecule has 2 rings (SSSR count). The number of benzene rings is 2. The van der Waals surface area contributed by atoms with Crippen LogP contribution in [0.5, 0.6) is 0 Å². The number of nitrogens with zero attached hydrogens (tertiary/aromatic N) is 2. The van der Waals surface area contributed by atoms with Crippen LogP contribution >= 0.6 is 24.0 Å². The van der Waals surface area contributed by atoms with Crippen molar-refractivity contribution in [3.05, 3.63) is 71.3 Å². The molecule has 0 atom stereocenters. The Balaban J connectivity index is 0.00000338. The first-order valence-electron chi connectivity index (χ1n) is 8.47. The molecule has 2 aromatic rings. The maximum absolute atomic E-state index is 11.9. The van der Waals surface area contributed by atoms with Gasteiger partial charge in [-0.15, -0.1) is 24.0 Å². The number of carbonyl (C=O) groups is 1. The van der Waals surface area contributed by atoms with E-state index in [2.05, 4.69) is 32.7 Å². The number of aliphatic imine (C=N–C) groups is 1. The van der Waals surface area contributed by atoms with Gasteiger partial charge in [0.05, 0.1) is 0 Å². The van der Waals surface area contributed by atoms with E-state index < -0.39 is 0 Å². The van der Waals surface area contributed by atoms with Crippen LogP contribution in [0.3, 0.4) is 0 Å². The van der Waals surface area contributed by atoms with Crippen LogP contribution in [0.1, 0.15) is 28.4 Å². The minimum atomic E-state index is -0.0464. The molecule has 0 saturated heterocycles. The molecule has 0 aliphatic carbocycles. The molecule has 1 amide bonds. The van der Waals surface area contributed by atoms with Gasteiger partial charge < -0.3 is 15.5 Å². The molecule has 0 bridgehead atoms. The summed E-state index contributed by atoms with van der Waals surface area (Å²) < 4.78 is 0. The highest BCUT2D eigenvalue weighted by molar-refractivity contribution is 14.0. The first-order chi connectivity index (χ1) is 12.1. The molecule has 2 aromatic carbocycles. The number of rotatable bonds is 6. The maximum Gasteiger partial charge on any atom is 0.251 e. The maximum atomic E-state index is 11.9. The summed E-state index contributed by atoms with van der Waals surface area (Å²) in [5.41, 5.74) is 2.94. The molecule has 0 unspecified atom stereocenters. The third-order valence-electron chi connectivity index (χ3n) is 3.81. The Kier molecular flexibility index (Phi) is 9.72. The molecule has 0 aromatic heterocycles. The number of guanidine groups is 1. The highest BCUT2D eigenvalue weighted by Crippen LogP contribution is 2.07. The van der Waals surface area contributed by atoms with Gasteiger partial charge >= 0.3 is 0 Å². The van der Waals surface area contributed by atoms with E-state index in [9.17, 15) is 4.79 Å². The molecule has 0 saturated carbocycles. The van der Waals surface area contributed by atoms with Crippen LogP contribution in [0, 0.1) is 0 Å². The van der Waals surface area contributed by atoms with Crippen LogP contribution < -0.4 is 10.6 Å². The summed E-state index contributed by atoms with van der Waals surface area (Å²) in [6.07, 6.45) is 0. The molecule has 5 nitrogen and oxygen atoms in total. The number of nitrogens with one attached hydrogen (secondary N) is 2. The Hall–Kier alpha value is -2.09. The van der Waals surface area contributed by atoms with Gasteiger partial charge in [-0.1, -0.05) is 42.5 Å². The Bertz CT molecular complexity index is 719. The van der Waals surface area contributed by atoms with E-state index in [4.69, 9.17) is 0 Å². The predicted molar refractivity (Wildman–Crippen MR) is 118 cm³/mol. The largest absolute Gasteiger partial charge is 0.352 e. The van der Waals surface area contributed by atoms with Crippen LogP contribution in [-0.2, 0) is 13.1 Å². The monoisotopic (exact) mass is 466 g/mol. The summed E-state index contributed by atoms with van der Waals surface area (Å²) in [7, 11) is 3.78. The van der Waals surface area contributed by atoms with Gasteiger partial charge in [0, 0.05) is 39.3 Å². The normalized spacial score (nSPS) is 10.7. The number of carbonyl (C=O) groups excluding carboxylic acids is 1. The highest BCUT2D eigenvalue weighted by Gasteiger charge is 2.08. The van der Waals surface area contributed by atoms with E-state index in [0.29, 0.717) is 18.7 Å². The van der Waals surface area contributed by atoms with Crippen LogP contribution in [0.25, 0.3) is 0 Å². The molecule has 0 aliphatic heterocycles. The van der Waals surface area contributed by atoms with E-state index in [0.717, 1.165) is 18.1 Å². The van der Waals surface area contributed by atoms with Crippen molar-refractivity contribution in [1.82, 2.24) is 15.5 Å². The number of hydrogen-bond acceptors (Lipinski definition) is 2. The van der Waals surface area contributed by atoms with Gasteiger partial charge in [0.2, 0.25) is 0 Å². The Morgan fingerprint density at radius 2 is 1.73 bits per heavy atom. The molecule has 0 heterocycles. The van der Waals surface area contributed by atoms with Gasteiger partial charge in [-0.25, -0.2) is 0 Å². The van der Waals surface area contributed by atoms with Crippen molar-refractivity contribution in [3.8, 4) is 0 Å². The average molecular weight is 466 g/mol. The van der Waals surface area contributed by atoms with Crippen molar-refractivity contribution in [2.24, 2.45) is 4.99 Å². The van der Waals surface area contributed by atoms with Crippen molar-refractivity contribution >= 4 is 35.8 Å². The van der Waals surface area contributed by atoms with Crippen LogP contribution in [-0.4, -0.2) is 37.4 Å². The van der Waals surface area contributed by atoms with E-state index in [1.807, 2.05) is 56.4 Å². The first-order valence-corrected chi connectivity index (χ1v) is 8.47. The van der Waals surface area contributed by atoms with E-state index in [-0.39, 0.29) is 29.9 Å². The summed E-state index contributed by atoms with van der Waals surface area (Å²) in [6.45, 7) is 3.92. The van der Waals surface area contributed by atoms with E-state index >= 15 is 0 Å². The van der Waals surface area contributed by atoms with Crippen molar-refractivity contribution < 1.29 is 4.79 Å². The smallest absolute Gasteiger partial charge is 0.251 e. The van der Waals surface area contributed by atoms with E-state index in [1.165, 1.54) is 5.56 Å². The van der Waals surface area contributed by atoms with Gasteiger partial charge in [0.25, 0.3) is 5.91 Å². The number of halogens is 1. The third kappa shape index (κ3) is 6.67. The zero-order valence-corrected chi connectivity index (χ0v) is 17.9. The number of hydrogen-bond donors (Lipinski definition) is 2. The summed E-state index contributed by atoms with van der Waals surface area (Å²) in [6, 6.07) is 17.9. The Morgan fingerprint density at radius 1 is 1.04 bits per heavy atom. The topological polar surface area (TPSA) is 56.7 Å². The van der Waals surface area contributed by atoms with Crippen LogP contribution in [0.4, 0.5) is 0 Å². The molecule has 0 radical (unpaired) electrons. The summed E-state index contributed by atoms with van der Waals surface area (Å²) in [5.74, 6) is 0.766. The molecular weight excluding hydrogens is 439 g/mol. The molecular formula is C20H27IN4O. The molecule has 0 spiro atoms. The van der Waals surface area contributed by atoms with Gasteiger partial charge in [0.1, 0.15) is 0 Å². The summed E-state index contributed by atoms with van der Waals surface area (Å²) in [5, 5.41) is 6.17. The molecule has 2 N–H and O–H groups in total. The van der Waals surface area contributed by atoms with Crippen LogP contribution in [0.2, 0.25) is 0 Å². The summed E-state index contributed by atoms with van der Waals surface area (Å²) >= 11 is 0. The number of amides is 1. The quantitative estimate of drug-likeness (QED) is 0.391. The van der Waals surface area contributed by atoms with Gasteiger partial charge in [-0.05, 0) is 30.2 Å². The van der Waals surface area contributed by atoms with Crippen molar-refractivity contribution in [1.29, 1.82) is 0 Å². The molecule has 0 fully saturated rings. The lowest BCUT2D eigenvalue weighted by Crippen LogP contribution is -2.38. The van der Waals surface area contributed by atoms with Gasteiger partial charge in [-0.3, -0.25) is 9.79 Å². The molecule has 6 heteroatoms. The second-order valence-corrected chi connectivity index (χ2v) is 5.80. The Morgan fingerprint density at radius 3 is 2.38 bits per heavy atom. The zero-order valence-electron chi connectivity index (χ0n) is 15.5. The van der Waals surface area contributed by atoms with Gasteiger partial charge in [-0.2, -0.15) is 0 Å². The fraction of sp³-hybridized carbons (Fsp3) is 0.300. The van der Waals surface area contributed by atoms with Crippen molar-refractivity contribution in [3.63, 3.8) is 0 Å².